The third-order valence-electron chi connectivity index (χ3n) is 2.42. The highest BCUT2D eigenvalue weighted by Gasteiger charge is 2.48. The zero-order chi connectivity index (χ0) is 17.8. The van der Waals surface area contributed by atoms with Gasteiger partial charge in [0.05, 0.1) is 12.4 Å². The number of ether oxygens (including phenoxy) is 1. The molecule has 0 aromatic rings. The van der Waals surface area contributed by atoms with Crippen molar-refractivity contribution >= 4 is 48.6 Å². The van der Waals surface area contributed by atoms with Gasteiger partial charge in [0.25, 0.3) is 0 Å². The molecule has 1 atom stereocenters. The van der Waals surface area contributed by atoms with E-state index in [0.29, 0.717) is 10.5 Å². The van der Waals surface area contributed by atoms with Crippen LogP contribution in [-0.4, -0.2) is 44.1 Å². The van der Waals surface area contributed by atoms with Crippen molar-refractivity contribution in [2.24, 2.45) is 0 Å². The number of hydrogen-bond donors (Lipinski definition) is 1. The first-order chi connectivity index (χ1) is 9.65. The van der Waals surface area contributed by atoms with Crippen LogP contribution in [-0.2, 0) is 29.6 Å². The third-order valence-corrected chi connectivity index (χ3v) is 6.95. The quantitative estimate of drug-likeness (QED) is 0.243. The van der Waals surface area contributed by atoms with Gasteiger partial charge in [-0.2, -0.15) is 13.2 Å². The van der Waals surface area contributed by atoms with Gasteiger partial charge in [0.15, 0.2) is 0 Å². The second-order valence-electron chi connectivity index (χ2n) is 4.39. The lowest BCUT2D eigenvalue weighted by Gasteiger charge is -2.18. The van der Waals surface area contributed by atoms with E-state index in [1.165, 1.54) is 0 Å². The summed E-state index contributed by atoms with van der Waals surface area (Å²) in [5.74, 6) is -1.52. The maximum absolute atomic E-state index is 12.0. The van der Waals surface area contributed by atoms with E-state index in [0.717, 1.165) is 0 Å². The van der Waals surface area contributed by atoms with Gasteiger partial charge in [-0.25, -0.2) is 16.8 Å². The van der Waals surface area contributed by atoms with Gasteiger partial charge < -0.3 is 4.74 Å². The Balaban J connectivity index is 4.47. The Morgan fingerprint density at radius 3 is 2.14 bits per heavy atom. The van der Waals surface area contributed by atoms with Crippen LogP contribution in [0.4, 0.5) is 13.2 Å². The molecule has 0 bridgehead atoms. The zero-order valence-corrected chi connectivity index (χ0v) is 15.4. The first-order valence-electron chi connectivity index (χ1n) is 5.83. The van der Waals surface area contributed by atoms with Crippen LogP contribution in [0.25, 0.3) is 0 Å². The Kier molecular flexibility index (Phi) is 7.56. The van der Waals surface area contributed by atoms with Crippen LogP contribution in [0.5, 0.6) is 0 Å². The van der Waals surface area contributed by atoms with Crippen molar-refractivity contribution in [1.29, 1.82) is 0 Å². The predicted octanol–water partition coefficient (Wildman–Crippen LogP) is 1.29. The number of carbonyl (C=O) groups excluding carboxylic acids is 1. The van der Waals surface area contributed by atoms with Crippen molar-refractivity contribution in [2.45, 2.75) is 35.6 Å². The molecule has 0 heterocycles. The molecule has 0 radical (unpaired) electrons. The molecule has 7 nitrogen and oxygen atoms in total. The smallest absolute Gasteiger partial charge is 0.465 e. The molecular formula is C9H15F3INO6S2. The molecular weight excluding hydrogens is 466 g/mol. The topological polar surface area (TPSA) is 107 Å². The number of carbonyl (C=O) groups is 1. The van der Waals surface area contributed by atoms with Gasteiger partial charge >= 0.3 is 21.5 Å². The molecule has 0 saturated carbocycles. The molecule has 0 aliphatic rings. The van der Waals surface area contributed by atoms with Gasteiger partial charge in [-0.05, 0) is 19.8 Å². The molecule has 1 N–H and O–H groups in total. The van der Waals surface area contributed by atoms with Crippen LogP contribution < -0.4 is 4.13 Å². The van der Waals surface area contributed by atoms with Crippen LogP contribution in [0.3, 0.4) is 0 Å². The molecule has 22 heavy (non-hydrogen) atoms. The minimum atomic E-state index is -5.98. The number of halogens is 4. The highest BCUT2D eigenvalue weighted by molar-refractivity contribution is 14.1. The molecule has 13 heteroatoms. The number of hydrogen-bond acceptors (Lipinski definition) is 6. The molecule has 0 fully saturated rings. The monoisotopic (exact) mass is 481 g/mol. The summed E-state index contributed by atoms with van der Waals surface area (Å²) in [5, 5.41) is 0. The summed E-state index contributed by atoms with van der Waals surface area (Å²) in [6, 6.07) is 0. The maximum atomic E-state index is 12.0. The summed E-state index contributed by atoms with van der Waals surface area (Å²) in [4.78, 5) is 11.5. The number of nitrogens with one attached hydrogen (secondary N) is 1. The summed E-state index contributed by atoms with van der Waals surface area (Å²) in [6.45, 7) is 2.98. The van der Waals surface area contributed by atoms with Gasteiger partial charge in [0.2, 0.25) is 10.0 Å². The lowest BCUT2D eigenvalue weighted by molar-refractivity contribution is -0.145. The van der Waals surface area contributed by atoms with Crippen molar-refractivity contribution < 1.29 is 39.5 Å². The van der Waals surface area contributed by atoms with Crippen LogP contribution in [0, 0.1) is 0 Å². The molecule has 0 spiro atoms. The molecule has 0 amide bonds. The number of sulfonamides is 2. The van der Waals surface area contributed by atoms with Crippen molar-refractivity contribution in [3.63, 3.8) is 0 Å². The minimum Gasteiger partial charge on any atom is -0.465 e. The lowest BCUT2D eigenvalue weighted by atomic mass is 10.1. The average Bonchev–Trinajstić information content (AvgIpc) is 2.31. The van der Waals surface area contributed by atoms with Crippen molar-refractivity contribution in [3.8, 4) is 0 Å². The van der Waals surface area contributed by atoms with Gasteiger partial charge in [-0.3, -0.25) is 4.79 Å². The number of alkyl halides is 4. The van der Waals surface area contributed by atoms with E-state index in [1.54, 1.807) is 13.8 Å². The molecule has 132 valence electrons. The fourth-order valence-corrected chi connectivity index (χ4v) is 3.67. The van der Waals surface area contributed by atoms with Crippen molar-refractivity contribution in [2.75, 3.05) is 12.4 Å². The van der Waals surface area contributed by atoms with Gasteiger partial charge in [0, 0.05) is 0 Å². The first kappa shape index (κ1) is 21.9. The van der Waals surface area contributed by atoms with Crippen molar-refractivity contribution in [3.05, 3.63) is 0 Å². The van der Waals surface area contributed by atoms with E-state index in [-0.39, 0.29) is 13.0 Å². The summed E-state index contributed by atoms with van der Waals surface area (Å²) >= 11 is 1.85. The van der Waals surface area contributed by atoms with Crippen LogP contribution >= 0.6 is 22.6 Å². The Morgan fingerprint density at radius 2 is 1.73 bits per heavy atom. The fourth-order valence-electron chi connectivity index (χ4n) is 0.965. The van der Waals surface area contributed by atoms with Crippen molar-refractivity contribution in [1.82, 2.24) is 4.13 Å². The van der Waals surface area contributed by atoms with E-state index in [1.807, 2.05) is 22.6 Å². The Morgan fingerprint density at radius 1 is 1.23 bits per heavy atom. The van der Waals surface area contributed by atoms with Crippen LogP contribution in [0.15, 0.2) is 0 Å². The second kappa shape index (κ2) is 7.61. The molecule has 0 rings (SSSR count). The SMILES string of the molecule is CCC(C)(I)C(=O)OCCCS(=O)(=O)NS(=O)(=O)C(F)(F)F. The average molecular weight is 481 g/mol. The van der Waals surface area contributed by atoms with E-state index in [9.17, 15) is 34.8 Å². The second-order valence-corrected chi connectivity index (χ2v) is 10.5. The largest absolute Gasteiger partial charge is 0.512 e. The molecule has 0 aromatic heterocycles. The predicted molar refractivity (Wildman–Crippen MR) is 80.2 cm³/mol. The highest BCUT2D eigenvalue weighted by Crippen LogP contribution is 2.24. The summed E-state index contributed by atoms with van der Waals surface area (Å²) in [7, 11) is -10.7. The first-order valence-corrected chi connectivity index (χ1v) is 10.0. The van der Waals surface area contributed by atoms with Gasteiger partial charge in [0.1, 0.15) is 3.42 Å². The maximum Gasteiger partial charge on any atom is 0.512 e. The third kappa shape index (κ3) is 6.95. The summed E-state index contributed by atoms with van der Waals surface area (Å²) in [6.07, 6.45) is 0.126. The van der Waals surface area contributed by atoms with Crippen LogP contribution in [0.1, 0.15) is 26.7 Å². The van der Waals surface area contributed by atoms with Crippen LogP contribution in [0.2, 0.25) is 0 Å². The van der Waals surface area contributed by atoms with E-state index in [2.05, 4.69) is 0 Å². The normalized spacial score (nSPS) is 16.1. The molecule has 0 saturated heterocycles. The minimum absolute atomic E-state index is 0.342. The van der Waals surface area contributed by atoms with E-state index in [4.69, 9.17) is 4.74 Å². The molecule has 0 aliphatic heterocycles. The molecule has 0 aliphatic carbocycles. The molecule has 0 aromatic carbocycles. The Labute approximate surface area is 140 Å². The number of esters is 1. The number of rotatable bonds is 8. The standard InChI is InChI=1S/C9H15F3INO6S2/c1-3-8(2,13)7(15)20-5-4-6-21(16,17)14-22(18,19)9(10,11)12/h14H,3-6H2,1-2H3. The molecule has 1 unspecified atom stereocenters. The zero-order valence-electron chi connectivity index (χ0n) is 11.6. The van der Waals surface area contributed by atoms with Gasteiger partial charge in [-0.15, -0.1) is 4.13 Å². The Bertz CT molecular complexity index is 599. The van der Waals surface area contributed by atoms with Gasteiger partial charge in [-0.1, -0.05) is 29.5 Å². The Hall–Kier alpha value is -0.150. The fraction of sp³-hybridized carbons (Fsp3) is 0.889. The van der Waals surface area contributed by atoms with E-state index >= 15 is 0 Å². The highest BCUT2D eigenvalue weighted by atomic mass is 127. The summed E-state index contributed by atoms with van der Waals surface area (Å²) < 4.78 is 84.6. The van der Waals surface area contributed by atoms with E-state index < -0.39 is 40.7 Å². The lowest BCUT2D eigenvalue weighted by Crippen LogP contribution is -2.41. The summed E-state index contributed by atoms with van der Waals surface area (Å²) in [5.41, 5.74) is -5.73.